The zero-order valence-corrected chi connectivity index (χ0v) is 54.2. The van der Waals surface area contributed by atoms with Gasteiger partial charge in [0.05, 0.1) is 0 Å². The molecule has 0 aliphatic heterocycles. The lowest BCUT2D eigenvalue weighted by Gasteiger charge is -2.18. The van der Waals surface area contributed by atoms with E-state index in [2.05, 4.69) is 118 Å². The van der Waals surface area contributed by atoms with E-state index in [0.717, 1.165) is 122 Å². The zero-order chi connectivity index (χ0) is 59.2. The molecule has 0 radical (unpaired) electrons. The van der Waals surface area contributed by atoms with E-state index in [4.69, 9.17) is 14.2 Å². The SMILES string of the molecule is CC/C=C\C/C=C\C/C=C\C/C=C\C/C=C\CCCCCCCC(=O)OC(COC(=O)CCCCCCCCCCCC/C=C\C/C=C\C/C=C\CCCCCCC)COC(=O)CCCCCCCCCCCCCCCCCCCC. The summed E-state index contributed by atoms with van der Waals surface area (Å²) in [6, 6.07) is 0. The van der Waals surface area contributed by atoms with Crippen LogP contribution >= 0.6 is 0 Å². The van der Waals surface area contributed by atoms with E-state index in [1.165, 1.54) is 186 Å². The highest BCUT2D eigenvalue weighted by atomic mass is 16.6. The first-order chi connectivity index (χ1) is 40.5. The lowest BCUT2D eigenvalue weighted by Crippen LogP contribution is -2.30. The van der Waals surface area contributed by atoms with E-state index in [1.54, 1.807) is 0 Å². The van der Waals surface area contributed by atoms with E-state index in [1.807, 2.05) is 0 Å². The second-order valence-electron chi connectivity index (χ2n) is 23.4. The minimum atomic E-state index is -0.791. The van der Waals surface area contributed by atoms with Crippen molar-refractivity contribution in [1.29, 1.82) is 0 Å². The monoisotopic (exact) mass is 1140 g/mol. The first kappa shape index (κ1) is 78.3. The van der Waals surface area contributed by atoms with Gasteiger partial charge in [-0.2, -0.15) is 0 Å². The Kier molecular flexibility index (Phi) is 66.7. The number of esters is 3. The summed E-state index contributed by atoms with van der Waals surface area (Å²) in [4.78, 5) is 38.5. The summed E-state index contributed by atoms with van der Waals surface area (Å²) >= 11 is 0. The van der Waals surface area contributed by atoms with Gasteiger partial charge < -0.3 is 14.2 Å². The van der Waals surface area contributed by atoms with E-state index in [9.17, 15) is 14.4 Å². The summed E-state index contributed by atoms with van der Waals surface area (Å²) in [5, 5.41) is 0. The molecule has 0 aromatic heterocycles. The van der Waals surface area contributed by atoms with Gasteiger partial charge in [0.25, 0.3) is 0 Å². The molecule has 0 amide bonds. The Morgan fingerprint density at radius 1 is 0.256 bits per heavy atom. The maximum Gasteiger partial charge on any atom is 0.306 e. The van der Waals surface area contributed by atoms with Gasteiger partial charge in [0, 0.05) is 19.3 Å². The largest absolute Gasteiger partial charge is 0.462 e. The number of ether oxygens (including phenoxy) is 3. The average Bonchev–Trinajstić information content (AvgIpc) is 3.47. The molecule has 0 aromatic carbocycles. The molecule has 0 spiro atoms. The van der Waals surface area contributed by atoms with Gasteiger partial charge in [-0.25, -0.2) is 0 Å². The molecule has 472 valence electrons. The molecule has 0 rings (SSSR count). The predicted octanol–water partition coefficient (Wildman–Crippen LogP) is 24.4. The average molecular weight is 1140 g/mol. The van der Waals surface area contributed by atoms with Crippen molar-refractivity contribution in [2.75, 3.05) is 13.2 Å². The summed E-state index contributed by atoms with van der Waals surface area (Å²) in [6.07, 6.45) is 94.2. The van der Waals surface area contributed by atoms with Gasteiger partial charge in [-0.15, -0.1) is 0 Å². The first-order valence-electron chi connectivity index (χ1n) is 35.2. The summed E-state index contributed by atoms with van der Waals surface area (Å²) in [5.74, 6) is -0.890. The number of hydrogen-bond acceptors (Lipinski definition) is 6. The molecule has 0 saturated heterocycles. The Balaban J connectivity index is 4.40. The van der Waals surface area contributed by atoms with Crippen LogP contribution in [0.15, 0.2) is 97.2 Å². The summed E-state index contributed by atoms with van der Waals surface area (Å²) in [6.45, 7) is 6.55. The van der Waals surface area contributed by atoms with Gasteiger partial charge in [0.15, 0.2) is 6.10 Å². The van der Waals surface area contributed by atoms with Crippen molar-refractivity contribution in [3.63, 3.8) is 0 Å². The third kappa shape index (κ3) is 67.1. The Morgan fingerprint density at radius 2 is 0.476 bits per heavy atom. The van der Waals surface area contributed by atoms with Crippen LogP contribution in [0.3, 0.4) is 0 Å². The fourth-order valence-corrected chi connectivity index (χ4v) is 10.1. The second kappa shape index (κ2) is 69.8. The molecule has 0 N–H and O–H groups in total. The summed E-state index contributed by atoms with van der Waals surface area (Å²) < 4.78 is 17.0. The number of carbonyl (C=O) groups is 3. The molecule has 6 nitrogen and oxygen atoms in total. The van der Waals surface area contributed by atoms with Crippen LogP contribution in [0.2, 0.25) is 0 Å². The molecule has 0 fully saturated rings. The predicted molar refractivity (Wildman–Crippen MR) is 357 cm³/mol. The van der Waals surface area contributed by atoms with Crippen molar-refractivity contribution in [1.82, 2.24) is 0 Å². The molecule has 1 atom stereocenters. The van der Waals surface area contributed by atoms with Gasteiger partial charge in [0.2, 0.25) is 0 Å². The Bertz CT molecular complexity index is 1590. The van der Waals surface area contributed by atoms with Crippen LogP contribution in [0.5, 0.6) is 0 Å². The highest BCUT2D eigenvalue weighted by Gasteiger charge is 2.19. The highest BCUT2D eigenvalue weighted by Crippen LogP contribution is 2.17. The Hall–Kier alpha value is -3.67. The molecule has 82 heavy (non-hydrogen) atoms. The smallest absolute Gasteiger partial charge is 0.306 e. The van der Waals surface area contributed by atoms with Crippen molar-refractivity contribution in [3.05, 3.63) is 97.2 Å². The van der Waals surface area contributed by atoms with Crippen LogP contribution in [0.1, 0.15) is 348 Å². The Labute approximate surface area is 508 Å². The van der Waals surface area contributed by atoms with Crippen LogP contribution in [-0.4, -0.2) is 37.2 Å². The van der Waals surface area contributed by atoms with Crippen LogP contribution in [-0.2, 0) is 28.6 Å². The van der Waals surface area contributed by atoms with Gasteiger partial charge in [-0.05, 0) is 103 Å². The number of allylic oxidation sites excluding steroid dienone is 16. The molecule has 0 saturated carbocycles. The molecule has 0 aliphatic carbocycles. The molecular weight excluding hydrogens is 1010 g/mol. The molecule has 0 aliphatic rings. The van der Waals surface area contributed by atoms with Gasteiger partial charge >= 0.3 is 17.9 Å². The van der Waals surface area contributed by atoms with Crippen molar-refractivity contribution in [2.45, 2.75) is 354 Å². The molecule has 0 heterocycles. The maximum absolute atomic E-state index is 13.0. The molecular formula is C76H132O6. The third-order valence-electron chi connectivity index (χ3n) is 15.3. The summed E-state index contributed by atoms with van der Waals surface area (Å²) in [7, 11) is 0. The number of carbonyl (C=O) groups excluding carboxylic acids is 3. The van der Waals surface area contributed by atoms with E-state index >= 15 is 0 Å². The van der Waals surface area contributed by atoms with Crippen molar-refractivity contribution < 1.29 is 28.6 Å². The van der Waals surface area contributed by atoms with Gasteiger partial charge in [-0.1, -0.05) is 323 Å². The summed E-state index contributed by atoms with van der Waals surface area (Å²) in [5.41, 5.74) is 0. The molecule has 1 unspecified atom stereocenters. The highest BCUT2D eigenvalue weighted by molar-refractivity contribution is 5.71. The van der Waals surface area contributed by atoms with Gasteiger partial charge in [-0.3, -0.25) is 14.4 Å². The number of hydrogen-bond donors (Lipinski definition) is 0. The van der Waals surface area contributed by atoms with Crippen LogP contribution in [0.25, 0.3) is 0 Å². The minimum Gasteiger partial charge on any atom is -0.462 e. The zero-order valence-electron chi connectivity index (χ0n) is 54.2. The van der Waals surface area contributed by atoms with Crippen molar-refractivity contribution >= 4 is 17.9 Å². The number of rotatable bonds is 64. The minimum absolute atomic E-state index is 0.0839. The first-order valence-corrected chi connectivity index (χ1v) is 35.2. The fraction of sp³-hybridized carbons (Fsp3) is 0.750. The van der Waals surface area contributed by atoms with Crippen LogP contribution in [0.4, 0.5) is 0 Å². The number of unbranched alkanes of at least 4 members (excludes halogenated alkanes) is 37. The maximum atomic E-state index is 13.0. The molecule has 0 bridgehead atoms. The van der Waals surface area contributed by atoms with Crippen LogP contribution < -0.4 is 0 Å². The lowest BCUT2D eigenvalue weighted by molar-refractivity contribution is -0.167. The van der Waals surface area contributed by atoms with E-state index in [-0.39, 0.29) is 31.1 Å². The third-order valence-corrected chi connectivity index (χ3v) is 15.3. The quantitative estimate of drug-likeness (QED) is 0.0261. The van der Waals surface area contributed by atoms with Gasteiger partial charge in [0.1, 0.15) is 13.2 Å². The standard InChI is InChI=1S/C76H132O6/c1-4-7-10-13-16-19-22-25-28-31-34-36-37-38-39-41-42-45-48-51-54-57-60-63-66-69-75(78)81-72-73(71-80-74(77)68-65-62-59-56-53-50-47-44-33-30-27-24-21-18-15-12-9-6-3)82-76(79)70-67-64-61-58-55-52-49-46-43-40-35-32-29-26-23-20-17-14-11-8-5-2/h8,11,17,20,22,25-26,29,31,34-35,37-38,40,46,49,73H,4-7,9-10,12-16,18-19,21,23-24,27-28,30,32-33,36,39,41-45,47-48,50-72H2,1-3H3/b11-8-,20-17-,25-22-,29-26-,34-31-,38-37-,40-35-,49-46-. The second-order valence-corrected chi connectivity index (χ2v) is 23.4. The van der Waals surface area contributed by atoms with Crippen LogP contribution in [0, 0.1) is 0 Å². The topological polar surface area (TPSA) is 78.9 Å². The molecule has 6 heteroatoms. The van der Waals surface area contributed by atoms with E-state index < -0.39 is 6.10 Å². The van der Waals surface area contributed by atoms with E-state index in [0.29, 0.717) is 19.3 Å². The normalized spacial score (nSPS) is 12.7. The lowest BCUT2D eigenvalue weighted by atomic mass is 10.0. The van der Waals surface area contributed by atoms with Crippen molar-refractivity contribution in [3.8, 4) is 0 Å². The molecule has 0 aromatic rings. The van der Waals surface area contributed by atoms with Crippen molar-refractivity contribution in [2.24, 2.45) is 0 Å². The fourth-order valence-electron chi connectivity index (χ4n) is 10.1. The Morgan fingerprint density at radius 3 is 0.744 bits per heavy atom.